The summed E-state index contributed by atoms with van der Waals surface area (Å²) < 4.78 is 20.9. The normalized spacial score (nSPS) is 10.3. The molecule has 6 nitrogen and oxygen atoms in total. The monoisotopic (exact) mass is 264 g/mol. The SMILES string of the molecule is COc1cc(-c2cc(CN)on2)cc(OC)c1OC. The van der Waals surface area contributed by atoms with Gasteiger partial charge in [-0.15, -0.1) is 0 Å². The van der Waals surface area contributed by atoms with Gasteiger partial charge in [0.1, 0.15) is 5.69 Å². The average molecular weight is 264 g/mol. The maximum absolute atomic E-state index is 5.50. The van der Waals surface area contributed by atoms with Crippen molar-refractivity contribution in [2.45, 2.75) is 6.54 Å². The molecule has 2 N–H and O–H groups in total. The average Bonchev–Trinajstić information content (AvgIpc) is 2.94. The first-order valence-corrected chi connectivity index (χ1v) is 5.69. The summed E-state index contributed by atoms with van der Waals surface area (Å²) in [7, 11) is 4.69. The molecule has 0 saturated heterocycles. The quantitative estimate of drug-likeness (QED) is 0.887. The molecule has 19 heavy (non-hydrogen) atoms. The van der Waals surface area contributed by atoms with E-state index in [4.69, 9.17) is 24.5 Å². The lowest BCUT2D eigenvalue weighted by molar-refractivity contribution is 0.324. The van der Waals surface area contributed by atoms with Gasteiger partial charge in [0.15, 0.2) is 17.3 Å². The Morgan fingerprint density at radius 2 is 1.68 bits per heavy atom. The second-order valence-electron chi connectivity index (χ2n) is 3.80. The Hall–Kier alpha value is -2.21. The van der Waals surface area contributed by atoms with E-state index < -0.39 is 0 Å². The molecule has 1 heterocycles. The van der Waals surface area contributed by atoms with Gasteiger partial charge in [-0.1, -0.05) is 5.16 Å². The van der Waals surface area contributed by atoms with Gasteiger partial charge in [-0.05, 0) is 12.1 Å². The zero-order chi connectivity index (χ0) is 13.8. The summed E-state index contributed by atoms with van der Waals surface area (Å²) in [6, 6.07) is 5.39. The van der Waals surface area contributed by atoms with Gasteiger partial charge in [-0.3, -0.25) is 0 Å². The Morgan fingerprint density at radius 1 is 1.05 bits per heavy atom. The van der Waals surface area contributed by atoms with Crippen LogP contribution in [0, 0.1) is 0 Å². The van der Waals surface area contributed by atoms with Crippen molar-refractivity contribution in [2.24, 2.45) is 5.73 Å². The van der Waals surface area contributed by atoms with E-state index >= 15 is 0 Å². The Balaban J connectivity index is 2.51. The highest BCUT2D eigenvalue weighted by atomic mass is 16.5. The van der Waals surface area contributed by atoms with Crippen LogP contribution in [-0.2, 0) is 6.54 Å². The minimum absolute atomic E-state index is 0.303. The van der Waals surface area contributed by atoms with Gasteiger partial charge < -0.3 is 24.5 Å². The van der Waals surface area contributed by atoms with Crippen LogP contribution in [-0.4, -0.2) is 26.5 Å². The van der Waals surface area contributed by atoms with E-state index in [0.29, 0.717) is 35.2 Å². The molecule has 0 bridgehead atoms. The number of hydrogen-bond acceptors (Lipinski definition) is 6. The van der Waals surface area contributed by atoms with Crippen LogP contribution in [0.4, 0.5) is 0 Å². The molecule has 1 aromatic carbocycles. The molecule has 0 radical (unpaired) electrons. The number of nitrogens with two attached hydrogens (primary N) is 1. The van der Waals surface area contributed by atoms with Gasteiger partial charge in [0, 0.05) is 11.6 Å². The molecular formula is C13H16N2O4. The van der Waals surface area contributed by atoms with Gasteiger partial charge in [0.05, 0.1) is 27.9 Å². The topological polar surface area (TPSA) is 79.7 Å². The zero-order valence-corrected chi connectivity index (χ0v) is 11.1. The van der Waals surface area contributed by atoms with Crippen LogP contribution in [0.5, 0.6) is 17.2 Å². The lowest BCUT2D eigenvalue weighted by Crippen LogP contribution is -1.95. The number of ether oxygens (including phenoxy) is 3. The fourth-order valence-electron chi connectivity index (χ4n) is 1.77. The van der Waals surface area contributed by atoms with Crippen LogP contribution in [0.25, 0.3) is 11.3 Å². The van der Waals surface area contributed by atoms with E-state index in [9.17, 15) is 0 Å². The highest BCUT2D eigenvalue weighted by Gasteiger charge is 2.15. The third-order valence-electron chi connectivity index (χ3n) is 2.72. The number of hydrogen-bond donors (Lipinski definition) is 1. The standard InChI is InChI=1S/C13H16N2O4/c1-16-11-4-8(5-12(17-2)13(11)18-3)10-6-9(7-14)19-15-10/h4-6H,7,14H2,1-3H3. The van der Waals surface area contributed by atoms with Crippen molar-refractivity contribution >= 4 is 0 Å². The summed E-state index contributed by atoms with van der Waals surface area (Å²) >= 11 is 0. The fraction of sp³-hybridized carbons (Fsp3) is 0.308. The maximum Gasteiger partial charge on any atom is 0.203 e. The lowest BCUT2D eigenvalue weighted by Gasteiger charge is -2.13. The van der Waals surface area contributed by atoms with Gasteiger partial charge >= 0.3 is 0 Å². The Bertz CT molecular complexity index is 541. The summed E-state index contributed by atoms with van der Waals surface area (Å²) in [6.45, 7) is 0.303. The summed E-state index contributed by atoms with van der Waals surface area (Å²) in [4.78, 5) is 0. The third kappa shape index (κ3) is 2.48. The van der Waals surface area contributed by atoms with E-state index in [2.05, 4.69) is 5.16 Å². The fourth-order valence-corrected chi connectivity index (χ4v) is 1.77. The maximum atomic E-state index is 5.50. The molecule has 0 spiro atoms. The molecule has 0 aliphatic heterocycles. The Kier molecular flexibility index (Phi) is 3.91. The molecule has 0 aliphatic carbocycles. The van der Waals surface area contributed by atoms with E-state index in [1.165, 1.54) is 0 Å². The van der Waals surface area contributed by atoms with E-state index in [1.807, 2.05) is 0 Å². The molecule has 0 unspecified atom stereocenters. The summed E-state index contributed by atoms with van der Waals surface area (Å²) in [6.07, 6.45) is 0. The number of methoxy groups -OCH3 is 3. The minimum Gasteiger partial charge on any atom is -0.493 e. The second-order valence-corrected chi connectivity index (χ2v) is 3.80. The molecule has 2 aromatic rings. The summed E-state index contributed by atoms with van der Waals surface area (Å²) in [5.41, 5.74) is 6.97. The van der Waals surface area contributed by atoms with Crippen molar-refractivity contribution in [1.29, 1.82) is 0 Å². The predicted molar refractivity (Wildman–Crippen MR) is 69.5 cm³/mol. The first-order valence-electron chi connectivity index (χ1n) is 5.69. The van der Waals surface area contributed by atoms with E-state index in [1.54, 1.807) is 39.5 Å². The third-order valence-corrected chi connectivity index (χ3v) is 2.72. The highest BCUT2D eigenvalue weighted by molar-refractivity contribution is 5.68. The summed E-state index contributed by atoms with van der Waals surface area (Å²) in [5.74, 6) is 2.28. The van der Waals surface area contributed by atoms with Crippen LogP contribution in [0.15, 0.2) is 22.7 Å². The summed E-state index contributed by atoms with van der Waals surface area (Å²) in [5, 5.41) is 3.96. The van der Waals surface area contributed by atoms with Crippen LogP contribution in [0.2, 0.25) is 0 Å². The molecule has 0 fully saturated rings. The molecule has 6 heteroatoms. The molecule has 0 saturated carbocycles. The Labute approximate surface area is 111 Å². The molecule has 0 atom stereocenters. The predicted octanol–water partition coefficient (Wildman–Crippen LogP) is 1.83. The van der Waals surface area contributed by atoms with E-state index in [0.717, 1.165) is 5.56 Å². The van der Waals surface area contributed by atoms with E-state index in [-0.39, 0.29) is 0 Å². The molecule has 0 amide bonds. The van der Waals surface area contributed by atoms with Crippen LogP contribution in [0.1, 0.15) is 5.76 Å². The lowest BCUT2D eigenvalue weighted by atomic mass is 10.1. The molecular weight excluding hydrogens is 248 g/mol. The molecule has 102 valence electrons. The van der Waals surface area contributed by atoms with Crippen molar-refractivity contribution in [3.8, 4) is 28.5 Å². The van der Waals surface area contributed by atoms with Gasteiger partial charge in [-0.25, -0.2) is 0 Å². The number of benzene rings is 1. The van der Waals surface area contributed by atoms with Crippen molar-refractivity contribution < 1.29 is 18.7 Å². The molecule has 0 aliphatic rings. The first kappa shape index (κ1) is 13.2. The molecule has 1 aromatic heterocycles. The number of aromatic nitrogens is 1. The second kappa shape index (κ2) is 5.62. The van der Waals surface area contributed by atoms with Crippen molar-refractivity contribution in [1.82, 2.24) is 5.16 Å². The first-order chi connectivity index (χ1) is 9.23. The Morgan fingerprint density at radius 3 is 2.11 bits per heavy atom. The largest absolute Gasteiger partial charge is 0.493 e. The highest BCUT2D eigenvalue weighted by Crippen LogP contribution is 2.40. The van der Waals surface area contributed by atoms with Crippen molar-refractivity contribution in [2.75, 3.05) is 21.3 Å². The smallest absolute Gasteiger partial charge is 0.203 e. The zero-order valence-electron chi connectivity index (χ0n) is 11.1. The van der Waals surface area contributed by atoms with Crippen LogP contribution >= 0.6 is 0 Å². The number of nitrogens with zero attached hydrogens (tertiary/aromatic N) is 1. The molecule has 2 rings (SSSR count). The van der Waals surface area contributed by atoms with Crippen molar-refractivity contribution in [3.63, 3.8) is 0 Å². The number of rotatable bonds is 5. The minimum atomic E-state index is 0.303. The van der Waals surface area contributed by atoms with Crippen LogP contribution in [0.3, 0.4) is 0 Å². The van der Waals surface area contributed by atoms with Gasteiger partial charge in [0.25, 0.3) is 0 Å². The van der Waals surface area contributed by atoms with Gasteiger partial charge in [0.2, 0.25) is 5.75 Å². The van der Waals surface area contributed by atoms with Crippen molar-refractivity contribution in [3.05, 3.63) is 24.0 Å². The van der Waals surface area contributed by atoms with Gasteiger partial charge in [-0.2, -0.15) is 0 Å². The van der Waals surface area contributed by atoms with Crippen LogP contribution < -0.4 is 19.9 Å².